The zero-order chi connectivity index (χ0) is 19.0. The third-order valence-electron chi connectivity index (χ3n) is 3.56. The van der Waals surface area contributed by atoms with Crippen molar-refractivity contribution in [2.24, 2.45) is 5.92 Å². The van der Waals surface area contributed by atoms with Crippen LogP contribution in [0.15, 0.2) is 18.3 Å². The molecule has 0 N–H and O–H groups in total. The molecule has 1 atom stereocenters. The van der Waals surface area contributed by atoms with Gasteiger partial charge in [0, 0.05) is 19.8 Å². The van der Waals surface area contributed by atoms with E-state index in [9.17, 15) is 9.59 Å². The Bertz CT molecular complexity index is 569. The fraction of sp³-hybridized carbons (Fsp3) is 0.611. The van der Waals surface area contributed by atoms with Gasteiger partial charge in [0.1, 0.15) is 10.8 Å². The van der Waals surface area contributed by atoms with Crippen molar-refractivity contribution in [2.75, 3.05) is 20.7 Å². The largest absolute Gasteiger partial charge is 0.469 e. The van der Waals surface area contributed by atoms with Crippen LogP contribution in [0.3, 0.4) is 0 Å². The quantitative estimate of drug-likeness (QED) is 0.540. The highest BCUT2D eigenvalue weighted by Gasteiger charge is 2.22. The molecule has 0 aliphatic rings. The highest BCUT2D eigenvalue weighted by molar-refractivity contribution is 6.29. The molecule has 0 aliphatic heterocycles. The minimum Gasteiger partial charge on any atom is -0.469 e. The van der Waals surface area contributed by atoms with Crippen molar-refractivity contribution < 1.29 is 19.1 Å². The van der Waals surface area contributed by atoms with Gasteiger partial charge in [0.15, 0.2) is 0 Å². The van der Waals surface area contributed by atoms with Gasteiger partial charge < -0.3 is 14.4 Å². The van der Waals surface area contributed by atoms with Crippen LogP contribution in [0.5, 0.6) is 0 Å². The van der Waals surface area contributed by atoms with E-state index in [0.717, 1.165) is 5.56 Å². The molecule has 1 unspecified atom stereocenters. The van der Waals surface area contributed by atoms with Crippen molar-refractivity contribution in [1.82, 2.24) is 9.88 Å². The van der Waals surface area contributed by atoms with E-state index in [1.54, 1.807) is 19.3 Å². The summed E-state index contributed by atoms with van der Waals surface area (Å²) in [6, 6.07) is 3.54. The maximum Gasteiger partial charge on any atom is 0.410 e. The van der Waals surface area contributed by atoms with Crippen molar-refractivity contribution in [3.05, 3.63) is 29.0 Å². The van der Waals surface area contributed by atoms with Crippen LogP contribution < -0.4 is 0 Å². The Morgan fingerprint density at radius 1 is 1.32 bits per heavy atom. The van der Waals surface area contributed by atoms with Crippen LogP contribution in [0.1, 0.15) is 39.2 Å². The van der Waals surface area contributed by atoms with E-state index in [4.69, 9.17) is 21.1 Å². The van der Waals surface area contributed by atoms with E-state index in [1.807, 2.05) is 26.8 Å². The number of halogens is 1. The normalized spacial score (nSPS) is 12.4. The number of amides is 1. The van der Waals surface area contributed by atoms with Crippen LogP contribution in [-0.4, -0.2) is 48.2 Å². The number of methoxy groups -OCH3 is 1. The first-order chi connectivity index (χ1) is 11.6. The van der Waals surface area contributed by atoms with E-state index < -0.39 is 5.60 Å². The van der Waals surface area contributed by atoms with Crippen LogP contribution in [-0.2, 0) is 20.7 Å². The number of aromatic nitrogens is 1. The van der Waals surface area contributed by atoms with Crippen molar-refractivity contribution in [1.29, 1.82) is 0 Å². The molecular formula is C18H27ClN2O4. The third kappa shape index (κ3) is 8.20. The van der Waals surface area contributed by atoms with Gasteiger partial charge in [-0.15, -0.1) is 0 Å². The summed E-state index contributed by atoms with van der Waals surface area (Å²) >= 11 is 5.78. The molecule has 0 aliphatic carbocycles. The number of hydrogen-bond acceptors (Lipinski definition) is 5. The summed E-state index contributed by atoms with van der Waals surface area (Å²) in [4.78, 5) is 29.5. The van der Waals surface area contributed by atoms with Crippen LogP contribution in [0.4, 0.5) is 4.79 Å². The fourth-order valence-corrected chi connectivity index (χ4v) is 2.40. The lowest BCUT2D eigenvalue weighted by molar-refractivity contribution is -0.145. The average molecular weight is 371 g/mol. The second-order valence-electron chi connectivity index (χ2n) is 6.96. The average Bonchev–Trinajstić information content (AvgIpc) is 2.53. The van der Waals surface area contributed by atoms with Crippen molar-refractivity contribution in [3.8, 4) is 0 Å². The maximum absolute atomic E-state index is 12.0. The van der Waals surface area contributed by atoms with Crippen LogP contribution in [0.25, 0.3) is 0 Å². The molecule has 1 amide bonds. The molecule has 0 aromatic carbocycles. The zero-order valence-corrected chi connectivity index (χ0v) is 16.3. The molecule has 1 aromatic heterocycles. The van der Waals surface area contributed by atoms with E-state index in [2.05, 4.69) is 4.98 Å². The molecular weight excluding hydrogens is 344 g/mol. The Balaban J connectivity index is 2.54. The van der Waals surface area contributed by atoms with Gasteiger partial charge in [-0.25, -0.2) is 9.78 Å². The zero-order valence-electron chi connectivity index (χ0n) is 15.5. The molecule has 6 nitrogen and oxygen atoms in total. The van der Waals surface area contributed by atoms with Gasteiger partial charge in [-0.3, -0.25) is 4.79 Å². The lowest BCUT2D eigenvalue weighted by Crippen LogP contribution is -2.35. The van der Waals surface area contributed by atoms with Gasteiger partial charge in [-0.1, -0.05) is 17.7 Å². The van der Waals surface area contributed by atoms with Gasteiger partial charge >= 0.3 is 12.1 Å². The molecule has 0 radical (unpaired) electrons. The number of hydrogen-bond donors (Lipinski definition) is 0. The Morgan fingerprint density at radius 2 is 2.00 bits per heavy atom. The molecule has 140 valence electrons. The predicted octanol–water partition coefficient (Wildman–Crippen LogP) is 3.71. The standard InChI is InChI=1S/C18H27ClN2O4/c1-18(2,3)25-17(23)21(4)10-6-7-14(16(22)24-5)11-13-8-9-15(19)20-12-13/h8-9,12,14H,6-7,10-11H2,1-5H3. The molecule has 1 rings (SSSR count). The number of rotatable bonds is 7. The third-order valence-corrected chi connectivity index (χ3v) is 3.78. The second-order valence-corrected chi connectivity index (χ2v) is 7.34. The summed E-state index contributed by atoms with van der Waals surface area (Å²) in [5.41, 5.74) is 0.391. The molecule has 0 saturated heterocycles. The molecule has 1 heterocycles. The molecule has 0 spiro atoms. The number of carbonyl (C=O) groups is 2. The Labute approximate surface area is 154 Å². The number of pyridine rings is 1. The summed E-state index contributed by atoms with van der Waals surface area (Å²) in [6.07, 6.45) is 3.07. The van der Waals surface area contributed by atoms with Crippen molar-refractivity contribution >= 4 is 23.7 Å². The fourth-order valence-electron chi connectivity index (χ4n) is 2.29. The summed E-state index contributed by atoms with van der Waals surface area (Å²) in [7, 11) is 3.06. The number of carbonyl (C=O) groups excluding carboxylic acids is 2. The summed E-state index contributed by atoms with van der Waals surface area (Å²) in [5.74, 6) is -0.560. The van der Waals surface area contributed by atoms with E-state index in [0.29, 0.717) is 31.0 Å². The van der Waals surface area contributed by atoms with E-state index >= 15 is 0 Å². The van der Waals surface area contributed by atoms with E-state index in [1.165, 1.54) is 12.0 Å². The summed E-state index contributed by atoms with van der Waals surface area (Å²) in [5, 5.41) is 0.414. The van der Waals surface area contributed by atoms with Gasteiger partial charge in [-0.2, -0.15) is 0 Å². The minimum absolute atomic E-state index is 0.269. The molecule has 25 heavy (non-hydrogen) atoms. The molecule has 7 heteroatoms. The number of esters is 1. The maximum atomic E-state index is 12.0. The lowest BCUT2D eigenvalue weighted by Gasteiger charge is -2.25. The highest BCUT2D eigenvalue weighted by Crippen LogP contribution is 2.17. The number of ether oxygens (including phenoxy) is 2. The first-order valence-corrected chi connectivity index (χ1v) is 8.62. The van der Waals surface area contributed by atoms with Gasteiger partial charge in [0.05, 0.1) is 13.0 Å². The van der Waals surface area contributed by atoms with Crippen LogP contribution >= 0.6 is 11.6 Å². The second kappa shape index (κ2) is 9.61. The van der Waals surface area contributed by atoms with Gasteiger partial charge in [0.25, 0.3) is 0 Å². The lowest BCUT2D eigenvalue weighted by atomic mass is 9.95. The van der Waals surface area contributed by atoms with Crippen LogP contribution in [0, 0.1) is 5.92 Å². The molecule has 0 bridgehead atoms. The molecule has 0 fully saturated rings. The Hall–Kier alpha value is -1.82. The molecule has 0 saturated carbocycles. The first-order valence-electron chi connectivity index (χ1n) is 8.24. The SMILES string of the molecule is COC(=O)C(CCCN(C)C(=O)OC(C)(C)C)Cc1ccc(Cl)nc1. The minimum atomic E-state index is -0.526. The highest BCUT2D eigenvalue weighted by atomic mass is 35.5. The predicted molar refractivity (Wildman–Crippen MR) is 96.6 cm³/mol. The molecule has 1 aromatic rings. The smallest absolute Gasteiger partial charge is 0.410 e. The van der Waals surface area contributed by atoms with Crippen molar-refractivity contribution in [3.63, 3.8) is 0 Å². The number of nitrogens with zero attached hydrogens (tertiary/aromatic N) is 2. The summed E-state index contributed by atoms with van der Waals surface area (Å²) < 4.78 is 10.2. The topological polar surface area (TPSA) is 68.7 Å². The monoisotopic (exact) mass is 370 g/mol. The summed E-state index contributed by atoms with van der Waals surface area (Å²) in [6.45, 7) is 5.98. The van der Waals surface area contributed by atoms with E-state index in [-0.39, 0.29) is 18.0 Å². The van der Waals surface area contributed by atoms with Crippen LogP contribution in [0.2, 0.25) is 5.15 Å². The Morgan fingerprint density at radius 3 is 2.52 bits per heavy atom. The Kier molecular flexibility index (Phi) is 8.16. The van der Waals surface area contributed by atoms with Gasteiger partial charge in [0.2, 0.25) is 0 Å². The first kappa shape index (κ1) is 21.2. The van der Waals surface area contributed by atoms with Crippen molar-refractivity contribution in [2.45, 2.75) is 45.6 Å². The van der Waals surface area contributed by atoms with Gasteiger partial charge in [-0.05, 0) is 51.7 Å².